The van der Waals surface area contributed by atoms with E-state index >= 15 is 0 Å². The lowest BCUT2D eigenvalue weighted by atomic mass is 10.1. The lowest BCUT2D eigenvalue weighted by Gasteiger charge is -2.08. The first-order valence-electron chi connectivity index (χ1n) is 8.40. The third-order valence-electron chi connectivity index (χ3n) is 4.11. The number of rotatable bonds is 4. The van der Waals surface area contributed by atoms with Gasteiger partial charge in [0.15, 0.2) is 0 Å². The standard InChI is InChI=1S/C21H14F3N3O/c22-21(23,24)28-19-3-1-2-15(12-19)8-11-27-20-13-17(4-5-18(20)14-26-27)16-6-9-25-10-7-16/h1-14H. The highest BCUT2D eigenvalue weighted by molar-refractivity contribution is 5.86. The van der Waals surface area contributed by atoms with Crippen molar-refractivity contribution < 1.29 is 17.9 Å². The highest BCUT2D eigenvalue weighted by atomic mass is 19.4. The minimum absolute atomic E-state index is 0.264. The van der Waals surface area contributed by atoms with Gasteiger partial charge < -0.3 is 4.74 Å². The van der Waals surface area contributed by atoms with E-state index in [1.807, 2.05) is 30.3 Å². The van der Waals surface area contributed by atoms with Crippen molar-refractivity contribution in [3.05, 3.63) is 78.8 Å². The Morgan fingerprint density at radius 2 is 1.75 bits per heavy atom. The van der Waals surface area contributed by atoms with Crippen LogP contribution in [-0.4, -0.2) is 21.1 Å². The van der Waals surface area contributed by atoms with Crippen molar-refractivity contribution in [1.82, 2.24) is 14.8 Å². The Balaban J connectivity index is 1.64. The summed E-state index contributed by atoms with van der Waals surface area (Å²) >= 11 is 0. The van der Waals surface area contributed by atoms with E-state index < -0.39 is 6.36 Å². The normalized spacial score (nSPS) is 12.0. The summed E-state index contributed by atoms with van der Waals surface area (Å²) < 4.78 is 42.8. The van der Waals surface area contributed by atoms with E-state index in [2.05, 4.69) is 14.8 Å². The molecular formula is C21H14F3N3O. The van der Waals surface area contributed by atoms with Gasteiger partial charge in [0.2, 0.25) is 0 Å². The number of aromatic nitrogens is 3. The zero-order chi connectivity index (χ0) is 19.6. The van der Waals surface area contributed by atoms with Crippen LogP contribution in [0, 0.1) is 0 Å². The highest BCUT2D eigenvalue weighted by Crippen LogP contribution is 2.26. The van der Waals surface area contributed by atoms with Crippen LogP contribution in [0.25, 0.3) is 34.3 Å². The molecule has 2 aromatic carbocycles. The van der Waals surface area contributed by atoms with Crippen LogP contribution in [0.1, 0.15) is 5.56 Å². The summed E-state index contributed by atoms with van der Waals surface area (Å²) in [4.78, 5) is 4.02. The van der Waals surface area contributed by atoms with Gasteiger partial charge in [-0.25, -0.2) is 4.68 Å². The number of halogens is 3. The molecule has 7 heteroatoms. The molecule has 0 fully saturated rings. The fourth-order valence-electron chi connectivity index (χ4n) is 2.85. The van der Waals surface area contributed by atoms with Gasteiger partial charge in [-0.3, -0.25) is 4.98 Å². The Morgan fingerprint density at radius 3 is 2.54 bits per heavy atom. The first kappa shape index (κ1) is 17.8. The Bertz CT molecular complexity index is 1130. The molecule has 2 aromatic heterocycles. The largest absolute Gasteiger partial charge is 0.573 e. The summed E-state index contributed by atoms with van der Waals surface area (Å²) in [5.74, 6) is -0.264. The molecule has 0 spiro atoms. The summed E-state index contributed by atoms with van der Waals surface area (Å²) in [6.45, 7) is 0. The number of benzene rings is 2. The second-order valence-corrected chi connectivity index (χ2v) is 6.03. The third-order valence-corrected chi connectivity index (χ3v) is 4.11. The topological polar surface area (TPSA) is 39.9 Å². The van der Waals surface area contributed by atoms with Crippen LogP contribution in [0.5, 0.6) is 5.75 Å². The van der Waals surface area contributed by atoms with Gasteiger partial charge in [-0.2, -0.15) is 5.10 Å². The molecule has 0 atom stereocenters. The Labute approximate surface area is 158 Å². The maximum Gasteiger partial charge on any atom is 0.573 e. The van der Waals surface area contributed by atoms with Crippen molar-refractivity contribution in [2.75, 3.05) is 0 Å². The van der Waals surface area contributed by atoms with Crippen LogP contribution in [0.4, 0.5) is 13.2 Å². The van der Waals surface area contributed by atoms with Gasteiger partial charge in [-0.05, 0) is 53.1 Å². The average Bonchev–Trinajstić information content (AvgIpc) is 3.08. The molecule has 28 heavy (non-hydrogen) atoms. The van der Waals surface area contributed by atoms with Gasteiger partial charge in [0.25, 0.3) is 0 Å². The monoisotopic (exact) mass is 381 g/mol. The first-order chi connectivity index (χ1) is 13.5. The highest BCUT2D eigenvalue weighted by Gasteiger charge is 2.31. The van der Waals surface area contributed by atoms with Crippen molar-refractivity contribution in [1.29, 1.82) is 0 Å². The van der Waals surface area contributed by atoms with Gasteiger partial charge in [0, 0.05) is 24.0 Å². The van der Waals surface area contributed by atoms with E-state index in [1.165, 1.54) is 18.2 Å². The van der Waals surface area contributed by atoms with Crippen molar-refractivity contribution in [2.24, 2.45) is 0 Å². The number of hydrogen-bond donors (Lipinski definition) is 0. The summed E-state index contributed by atoms with van der Waals surface area (Å²) in [6.07, 6.45) is 3.85. The van der Waals surface area contributed by atoms with Gasteiger partial charge in [-0.1, -0.05) is 24.3 Å². The zero-order valence-corrected chi connectivity index (χ0v) is 14.5. The lowest BCUT2D eigenvalue weighted by molar-refractivity contribution is -0.274. The fraction of sp³-hybridized carbons (Fsp3) is 0.0476. The van der Waals surface area contributed by atoms with E-state index in [0.717, 1.165) is 22.0 Å². The SMILES string of the molecule is FC(F)(F)Oc1cccc(C=Cn2ncc3ccc(-c4ccncc4)cc32)c1. The second kappa shape index (κ2) is 7.19. The molecule has 0 amide bonds. The zero-order valence-electron chi connectivity index (χ0n) is 14.5. The van der Waals surface area contributed by atoms with Crippen LogP contribution in [-0.2, 0) is 0 Å². The van der Waals surface area contributed by atoms with E-state index in [4.69, 9.17) is 0 Å². The molecule has 0 saturated heterocycles. The van der Waals surface area contributed by atoms with Crippen LogP contribution in [0.15, 0.2) is 73.2 Å². The third kappa shape index (κ3) is 4.03. The second-order valence-electron chi connectivity index (χ2n) is 6.03. The molecule has 0 radical (unpaired) electrons. The molecule has 4 aromatic rings. The molecule has 4 nitrogen and oxygen atoms in total. The average molecular weight is 381 g/mol. The fourth-order valence-corrected chi connectivity index (χ4v) is 2.85. The molecule has 0 aliphatic rings. The summed E-state index contributed by atoms with van der Waals surface area (Å²) in [5.41, 5.74) is 3.50. The van der Waals surface area contributed by atoms with Gasteiger partial charge in [-0.15, -0.1) is 13.2 Å². The molecular weight excluding hydrogens is 367 g/mol. The van der Waals surface area contributed by atoms with Gasteiger partial charge in [0.1, 0.15) is 5.75 Å². The van der Waals surface area contributed by atoms with E-state index in [-0.39, 0.29) is 5.75 Å². The number of nitrogens with zero attached hydrogens (tertiary/aromatic N) is 3. The van der Waals surface area contributed by atoms with Crippen molar-refractivity contribution >= 4 is 23.2 Å². The smallest absolute Gasteiger partial charge is 0.406 e. The van der Waals surface area contributed by atoms with Gasteiger partial charge >= 0.3 is 6.36 Å². The molecule has 0 aliphatic heterocycles. The van der Waals surface area contributed by atoms with Crippen LogP contribution in [0.3, 0.4) is 0 Å². The summed E-state index contributed by atoms with van der Waals surface area (Å²) in [5, 5.41) is 5.29. The van der Waals surface area contributed by atoms with E-state index in [9.17, 15) is 13.2 Å². The maximum atomic E-state index is 12.4. The predicted octanol–water partition coefficient (Wildman–Crippen LogP) is 5.62. The van der Waals surface area contributed by atoms with Crippen molar-refractivity contribution in [3.63, 3.8) is 0 Å². The number of hydrogen-bond acceptors (Lipinski definition) is 3. The van der Waals surface area contributed by atoms with Crippen LogP contribution >= 0.6 is 0 Å². The Hall–Kier alpha value is -3.61. The molecule has 4 rings (SSSR count). The van der Waals surface area contributed by atoms with E-state index in [0.29, 0.717) is 5.56 Å². The Kier molecular flexibility index (Phi) is 4.57. The lowest BCUT2D eigenvalue weighted by Crippen LogP contribution is -2.17. The summed E-state index contributed by atoms with van der Waals surface area (Å²) in [7, 11) is 0. The number of fused-ring (bicyclic) bond motifs is 1. The molecule has 140 valence electrons. The van der Waals surface area contributed by atoms with Crippen molar-refractivity contribution in [3.8, 4) is 16.9 Å². The quantitative estimate of drug-likeness (QED) is 0.460. The maximum absolute atomic E-state index is 12.4. The number of pyridine rings is 1. The van der Waals surface area contributed by atoms with Crippen molar-refractivity contribution in [2.45, 2.75) is 6.36 Å². The Morgan fingerprint density at radius 1 is 0.929 bits per heavy atom. The molecule has 0 saturated carbocycles. The van der Waals surface area contributed by atoms with Crippen LogP contribution in [0.2, 0.25) is 0 Å². The predicted molar refractivity (Wildman–Crippen MR) is 101 cm³/mol. The van der Waals surface area contributed by atoms with Crippen LogP contribution < -0.4 is 4.74 Å². The first-order valence-corrected chi connectivity index (χ1v) is 8.40. The number of ether oxygens (including phenoxy) is 1. The molecule has 2 heterocycles. The minimum Gasteiger partial charge on any atom is -0.406 e. The van der Waals surface area contributed by atoms with E-state index in [1.54, 1.807) is 41.6 Å². The number of alkyl halides is 3. The molecule has 0 bridgehead atoms. The summed E-state index contributed by atoms with van der Waals surface area (Å²) in [6, 6.07) is 15.6. The van der Waals surface area contributed by atoms with Gasteiger partial charge in [0.05, 0.1) is 11.7 Å². The minimum atomic E-state index is -4.72. The molecule has 0 unspecified atom stereocenters. The molecule has 0 N–H and O–H groups in total. The molecule has 0 aliphatic carbocycles.